The van der Waals surface area contributed by atoms with E-state index < -0.39 is 12.1 Å². The van der Waals surface area contributed by atoms with Gasteiger partial charge in [-0.1, -0.05) is 23.4 Å². The first kappa shape index (κ1) is 11.6. The number of halogens is 3. The van der Waals surface area contributed by atoms with Crippen LogP contribution in [0.25, 0.3) is 11.4 Å². The molecule has 17 heavy (non-hydrogen) atoms. The topological polar surface area (TPSA) is 64.9 Å². The molecule has 2 N–H and O–H groups in total. The van der Waals surface area contributed by atoms with Crippen LogP contribution in [0.2, 0.25) is 0 Å². The minimum Gasteiger partial charge on any atom is -0.329 e. The fourth-order valence-electron chi connectivity index (χ4n) is 1.29. The lowest BCUT2D eigenvalue weighted by Gasteiger charge is -1.98. The van der Waals surface area contributed by atoms with E-state index in [-0.39, 0.29) is 12.4 Å². The molecule has 0 saturated carbocycles. The lowest BCUT2D eigenvalue weighted by atomic mass is 10.1. The van der Waals surface area contributed by atoms with Crippen LogP contribution in [0.15, 0.2) is 28.8 Å². The van der Waals surface area contributed by atoms with Crippen molar-refractivity contribution in [2.24, 2.45) is 5.73 Å². The molecule has 0 amide bonds. The van der Waals surface area contributed by atoms with Crippen LogP contribution in [0.4, 0.5) is 13.2 Å². The van der Waals surface area contributed by atoms with E-state index in [0.29, 0.717) is 5.56 Å². The van der Waals surface area contributed by atoms with Crippen LogP contribution in [0.5, 0.6) is 0 Å². The highest BCUT2D eigenvalue weighted by atomic mass is 19.4. The van der Waals surface area contributed by atoms with Gasteiger partial charge in [-0.15, -0.1) is 0 Å². The Morgan fingerprint density at radius 3 is 2.65 bits per heavy atom. The largest absolute Gasteiger partial charge is 0.471 e. The molecule has 0 spiro atoms. The van der Waals surface area contributed by atoms with Crippen molar-refractivity contribution in [2.45, 2.75) is 12.7 Å². The first-order valence-corrected chi connectivity index (χ1v) is 4.71. The van der Waals surface area contributed by atoms with Crippen LogP contribution < -0.4 is 5.73 Å². The number of nitrogens with zero attached hydrogens (tertiary/aromatic N) is 2. The van der Waals surface area contributed by atoms with Gasteiger partial charge in [0.15, 0.2) is 0 Å². The van der Waals surface area contributed by atoms with Crippen molar-refractivity contribution in [3.8, 4) is 11.4 Å². The number of alkyl halides is 3. The molecule has 0 radical (unpaired) electrons. The molecule has 0 unspecified atom stereocenters. The van der Waals surface area contributed by atoms with E-state index in [1.54, 1.807) is 24.3 Å². The van der Waals surface area contributed by atoms with Crippen molar-refractivity contribution in [3.63, 3.8) is 0 Å². The molecule has 7 heteroatoms. The van der Waals surface area contributed by atoms with Gasteiger partial charge in [0, 0.05) is 12.1 Å². The van der Waals surface area contributed by atoms with E-state index in [2.05, 4.69) is 14.7 Å². The van der Waals surface area contributed by atoms with Crippen LogP contribution in [0.3, 0.4) is 0 Å². The van der Waals surface area contributed by atoms with Crippen molar-refractivity contribution in [1.29, 1.82) is 0 Å². The van der Waals surface area contributed by atoms with E-state index >= 15 is 0 Å². The number of hydrogen-bond acceptors (Lipinski definition) is 4. The third kappa shape index (κ3) is 2.44. The van der Waals surface area contributed by atoms with Crippen molar-refractivity contribution in [3.05, 3.63) is 35.7 Å². The normalized spacial score (nSPS) is 11.8. The zero-order valence-corrected chi connectivity index (χ0v) is 8.53. The molecule has 0 aliphatic heterocycles. The van der Waals surface area contributed by atoms with Crippen LogP contribution in [0.1, 0.15) is 11.5 Å². The molecule has 1 aromatic heterocycles. The molecule has 1 heterocycles. The number of rotatable bonds is 2. The zero-order chi connectivity index (χ0) is 12.5. The highest BCUT2D eigenvalue weighted by Crippen LogP contribution is 2.29. The van der Waals surface area contributed by atoms with Crippen LogP contribution in [-0.4, -0.2) is 10.1 Å². The molecule has 4 nitrogen and oxygen atoms in total. The quantitative estimate of drug-likeness (QED) is 0.878. The van der Waals surface area contributed by atoms with Gasteiger partial charge in [-0.25, -0.2) is 0 Å². The fraction of sp³-hybridized carbons (Fsp3) is 0.200. The lowest BCUT2D eigenvalue weighted by Crippen LogP contribution is -2.04. The minimum absolute atomic E-state index is 0.104. The molecule has 2 rings (SSSR count). The minimum atomic E-state index is -4.63. The summed E-state index contributed by atoms with van der Waals surface area (Å²) in [5.41, 5.74) is 6.64. The standard InChI is InChI=1S/C10H8F3N3O/c11-10(12,13)9-15-8(16-17-9)7-3-1-2-6(4-7)5-14/h1-4H,5,14H2. The smallest absolute Gasteiger partial charge is 0.329 e. The first-order valence-electron chi connectivity index (χ1n) is 4.71. The molecule has 0 bridgehead atoms. The summed E-state index contributed by atoms with van der Waals surface area (Å²) in [6, 6.07) is 6.63. The number of nitrogens with two attached hydrogens (primary N) is 1. The second kappa shape index (κ2) is 4.17. The molecular weight excluding hydrogens is 235 g/mol. The van der Waals surface area contributed by atoms with Gasteiger partial charge in [-0.3, -0.25) is 0 Å². The number of aromatic nitrogens is 2. The van der Waals surface area contributed by atoms with Crippen LogP contribution in [-0.2, 0) is 12.7 Å². The Balaban J connectivity index is 2.37. The van der Waals surface area contributed by atoms with E-state index in [1.165, 1.54) is 0 Å². The molecule has 0 saturated heterocycles. The van der Waals surface area contributed by atoms with Gasteiger partial charge in [0.1, 0.15) is 0 Å². The Morgan fingerprint density at radius 2 is 2.06 bits per heavy atom. The number of hydrogen-bond donors (Lipinski definition) is 1. The molecule has 0 atom stereocenters. The average molecular weight is 243 g/mol. The third-order valence-electron chi connectivity index (χ3n) is 2.09. The van der Waals surface area contributed by atoms with E-state index in [9.17, 15) is 13.2 Å². The summed E-state index contributed by atoms with van der Waals surface area (Å²) in [5.74, 6) is -1.46. The molecule has 0 aliphatic rings. The molecule has 1 aromatic carbocycles. The van der Waals surface area contributed by atoms with Crippen LogP contribution >= 0.6 is 0 Å². The summed E-state index contributed by atoms with van der Waals surface area (Å²) >= 11 is 0. The summed E-state index contributed by atoms with van der Waals surface area (Å²) in [7, 11) is 0. The molecule has 2 aromatic rings. The maximum absolute atomic E-state index is 12.2. The monoisotopic (exact) mass is 243 g/mol. The SMILES string of the molecule is NCc1cccc(-c2noc(C(F)(F)F)n2)c1. The summed E-state index contributed by atoms with van der Waals surface area (Å²) < 4.78 is 40.9. The van der Waals surface area contributed by atoms with E-state index in [1.807, 2.05) is 0 Å². The van der Waals surface area contributed by atoms with Gasteiger partial charge in [-0.05, 0) is 11.6 Å². The lowest BCUT2D eigenvalue weighted by molar-refractivity contribution is -0.159. The van der Waals surface area contributed by atoms with Gasteiger partial charge in [0.05, 0.1) is 0 Å². The van der Waals surface area contributed by atoms with Crippen molar-refractivity contribution >= 4 is 0 Å². The Labute approximate surface area is 94.2 Å². The van der Waals surface area contributed by atoms with Gasteiger partial charge in [0.25, 0.3) is 0 Å². The number of benzene rings is 1. The van der Waals surface area contributed by atoms with E-state index in [0.717, 1.165) is 5.56 Å². The average Bonchev–Trinajstić information content (AvgIpc) is 2.78. The van der Waals surface area contributed by atoms with Crippen molar-refractivity contribution < 1.29 is 17.7 Å². The maximum atomic E-state index is 12.2. The third-order valence-corrected chi connectivity index (χ3v) is 2.09. The predicted molar refractivity (Wildman–Crippen MR) is 52.6 cm³/mol. The Hall–Kier alpha value is -1.89. The first-order chi connectivity index (χ1) is 8.00. The zero-order valence-electron chi connectivity index (χ0n) is 8.53. The predicted octanol–water partition coefficient (Wildman–Crippen LogP) is 2.21. The van der Waals surface area contributed by atoms with Crippen molar-refractivity contribution in [1.82, 2.24) is 10.1 Å². The molecular formula is C10H8F3N3O. The van der Waals surface area contributed by atoms with E-state index in [4.69, 9.17) is 5.73 Å². The molecule has 90 valence electrons. The Morgan fingerprint density at radius 1 is 1.29 bits per heavy atom. The van der Waals surface area contributed by atoms with Crippen LogP contribution in [0, 0.1) is 0 Å². The summed E-state index contributed by atoms with van der Waals surface area (Å²) in [6.07, 6.45) is -4.63. The van der Waals surface area contributed by atoms with Gasteiger partial charge in [0.2, 0.25) is 5.82 Å². The highest BCUT2D eigenvalue weighted by molar-refractivity contribution is 5.55. The summed E-state index contributed by atoms with van der Waals surface area (Å²) in [6.45, 7) is 0.290. The molecule has 0 fully saturated rings. The summed E-state index contributed by atoms with van der Waals surface area (Å²) in [5, 5.41) is 3.28. The fourth-order valence-corrected chi connectivity index (χ4v) is 1.29. The second-order valence-corrected chi connectivity index (χ2v) is 3.33. The molecule has 0 aliphatic carbocycles. The van der Waals surface area contributed by atoms with Crippen molar-refractivity contribution in [2.75, 3.05) is 0 Å². The van der Waals surface area contributed by atoms with Gasteiger partial charge >= 0.3 is 12.1 Å². The van der Waals surface area contributed by atoms with Gasteiger partial charge in [-0.2, -0.15) is 18.2 Å². The second-order valence-electron chi connectivity index (χ2n) is 3.33. The Kier molecular flexibility index (Phi) is 2.84. The highest BCUT2D eigenvalue weighted by Gasteiger charge is 2.38. The Bertz CT molecular complexity index is 522. The van der Waals surface area contributed by atoms with Gasteiger partial charge < -0.3 is 10.3 Å². The maximum Gasteiger partial charge on any atom is 0.471 e. The summed E-state index contributed by atoms with van der Waals surface area (Å²) in [4.78, 5) is 3.28.